The van der Waals surface area contributed by atoms with Crippen LogP contribution >= 0.6 is 11.3 Å². The highest BCUT2D eigenvalue weighted by Gasteiger charge is 2.13. The van der Waals surface area contributed by atoms with E-state index in [0.717, 1.165) is 27.3 Å². The van der Waals surface area contributed by atoms with Crippen LogP contribution in [0.15, 0.2) is 48.5 Å². The van der Waals surface area contributed by atoms with Gasteiger partial charge in [0.25, 0.3) is 5.91 Å². The molecule has 1 amide bonds. The van der Waals surface area contributed by atoms with Gasteiger partial charge in [-0.2, -0.15) is 5.10 Å². The molecule has 0 saturated heterocycles. The lowest BCUT2D eigenvalue weighted by atomic mass is 10.2. The lowest BCUT2D eigenvalue weighted by molar-refractivity contribution is 0.102. The van der Waals surface area contributed by atoms with Gasteiger partial charge in [0.1, 0.15) is 11.3 Å². The maximum atomic E-state index is 12.6. The van der Waals surface area contributed by atoms with Gasteiger partial charge in [0.15, 0.2) is 5.13 Å². The van der Waals surface area contributed by atoms with Gasteiger partial charge < -0.3 is 4.74 Å². The summed E-state index contributed by atoms with van der Waals surface area (Å²) in [5, 5.41) is 7.87. The van der Waals surface area contributed by atoms with E-state index in [0.29, 0.717) is 16.4 Å². The Balaban J connectivity index is 1.56. The minimum absolute atomic E-state index is 0.201. The number of carbonyl (C=O) groups is 1. The van der Waals surface area contributed by atoms with E-state index in [-0.39, 0.29) is 5.91 Å². The molecule has 27 heavy (non-hydrogen) atoms. The van der Waals surface area contributed by atoms with E-state index >= 15 is 0 Å². The van der Waals surface area contributed by atoms with Crippen LogP contribution in [0.5, 0.6) is 5.75 Å². The largest absolute Gasteiger partial charge is 0.494 e. The first-order valence-electron chi connectivity index (χ1n) is 8.44. The molecule has 4 aromatic rings. The molecule has 136 valence electrons. The highest BCUT2D eigenvalue weighted by Crippen LogP contribution is 2.32. The van der Waals surface area contributed by atoms with Gasteiger partial charge in [0.2, 0.25) is 0 Å². The molecule has 0 bridgehead atoms. The third kappa shape index (κ3) is 3.29. The lowest BCUT2D eigenvalue weighted by Crippen LogP contribution is -2.11. The Morgan fingerprint density at radius 1 is 1.15 bits per heavy atom. The molecular formula is C20H18N4O2S. The number of nitrogens with zero attached hydrogens (tertiary/aromatic N) is 3. The van der Waals surface area contributed by atoms with Gasteiger partial charge in [-0.15, -0.1) is 0 Å². The predicted octanol–water partition coefficient (Wildman–Crippen LogP) is 4.36. The fourth-order valence-corrected chi connectivity index (χ4v) is 3.83. The summed E-state index contributed by atoms with van der Waals surface area (Å²) in [7, 11) is 1.61. The van der Waals surface area contributed by atoms with E-state index in [9.17, 15) is 4.79 Å². The molecule has 6 nitrogen and oxygen atoms in total. The number of amides is 1. The van der Waals surface area contributed by atoms with Crippen molar-refractivity contribution >= 4 is 32.6 Å². The topological polar surface area (TPSA) is 69.0 Å². The SMILES string of the molecule is COc1cccc2sc(NC(=O)c3ccc(-n4nc(C)cc4C)cc3)nc12. The maximum absolute atomic E-state index is 12.6. The summed E-state index contributed by atoms with van der Waals surface area (Å²) in [6.07, 6.45) is 0. The van der Waals surface area contributed by atoms with Crippen LogP contribution in [-0.4, -0.2) is 27.8 Å². The molecule has 0 unspecified atom stereocenters. The Hall–Kier alpha value is -3.19. The van der Waals surface area contributed by atoms with E-state index in [4.69, 9.17) is 4.74 Å². The number of fused-ring (bicyclic) bond motifs is 1. The molecule has 0 spiro atoms. The van der Waals surface area contributed by atoms with Crippen molar-refractivity contribution < 1.29 is 9.53 Å². The third-order valence-corrected chi connectivity index (χ3v) is 5.14. The average molecular weight is 378 g/mol. The fraction of sp³-hybridized carbons (Fsp3) is 0.150. The average Bonchev–Trinajstić information content (AvgIpc) is 3.23. The number of rotatable bonds is 4. The van der Waals surface area contributed by atoms with Crippen LogP contribution in [0.25, 0.3) is 15.9 Å². The van der Waals surface area contributed by atoms with Crippen molar-refractivity contribution in [3.63, 3.8) is 0 Å². The first-order chi connectivity index (χ1) is 13.0. The summed E-state index contributed by atoms with van der Waals surface area (Å²) >= 11 is 1.42. The third-order valence-electron chi connectivity index (χ3n) is 4.21. The van der Waals surface area contributed by atoms with Crippen LogP contribution in [0.3, 0.4) is 0 Å². The number of methoxy groups -OCH3 is 1. The van der Waals surface area contributed by atoms with Crippen LogP contribution in [0.2, 0.25) is 0 Å². The predicted molar refractivity (Wildman–Crippen MR) is 107 cm³/mol. The molecule has 0 aliphatic rings. The quantitative estimate of drug-likeness (QED) is 0.573. The molecule has 7 heteroatoms. The highest BCUT2D eigenvalue weighted by atomic mass is 32.1. The van der Waals surface area contributed by atoms with Gasteiger partial charge in [-0.25, -0.2) is 9.67 Å². The standard InChI is InChI=1S/C20H18N4O2S/c1-12-11-13(2)24(23-12)15-9-7-14(8-10-15)19(25)22-20-21-18-16(26-3)5-4-6-17(18)27-20/h4-11H,1-3H3,(H,21,22,25). The van der Waals surface area contributed by atoms with E-state index in [1.54, 1.807) is 19.2 Å². The smallest absolute Gasteiger partial charge is 0.257 e. The number of carbonyl (C=O) groups excluding carboxylic acids is 1. The maximum Gasteiger partial charge on any atom is 0.257 e. The Morgan fingerprint density at radius 2 is 1.93 bits per heavy atom. The number of hydrogen-bond donors (Lipinski definition) is 1. The van der Waals surface area contributed by atoms with E-state index in [1.165, 1.54) is 11.3 Å². The molecule has 4 rings (SSSR count). The number of hydrogen-bond acceptors (Lipinski definition) is 5. The van der Waals surface area contributed by atoms with Crippen LogP contribution in [0.4, 0.5) is 5.13 Å². The van der Waals surface area contributed by atoms with Crippen molar-refractivity contribution in [2.24, 2.45) is 0 Å². The number of para-hydroxylation sites is 1. The zero-order valence-electron chi connectivity index (χ0n) is 15.2. The minimum atomic E-state index is -0.201. The van der Waals surface area contributed by atoms with Crippen molar-refractivity contribution in [1.29, 1.82) is 0 Å². The number of aryl methyl sites for hydroxylation is 2. The summed E-state index contributed by atoms with van der Waals surface area (Å²) < 4.78 is 8.14. The summed E-state index contributed by atoms with van der Waals surface area (Å²) in [5.74, 6) is 0.492. The molecule has 0 atom stereocenters. The highest BCUT2D eigenvalue weighted by molar-refractivity contribution is 7.22. The normalized spacial score (nSPS) is 10.9. The molecule has 0 aliphatic heterocycles. The van der Waals surface area contributed by atoms with Crippen molar-refractivity contribution in [3.05, 3.63) is 65.5 Å². The first-order valence-corrected chi connectivity index (χ1v) is 9.25. The van der Waals surface area contributed by atoms with Crippen LogP contribution in [-0.2, 0) is 0 Å². The molecule has 0 aliphatic carbocycles. The summed E-state index contributed by atoms with van der Waals surface area (Å²) in [4.78, 5) is 17.0. The van der Waals surface area contributed by atoms with E-state index in [1.807, 2.05) is 54.9 Å². The van der Waals surface area contributed by atoms with Gasteiger partial charge in [-0.05, 0) is 56.3 Å². The summed E-state index contributed by atoms with van der Waals surface area (Å²) in [5.41, 5.74) is 4.24. The molecule has 2 heterocycles. The van der Waals surface area contributed by atoms with Crippen molar-refractivity contribution in [3.8, 4) is 11.4 Å². The second-order valence-electron chi connectivity index (χ2n) is 6.17. The number of thiazole rings is 1. The number of anilines is 1. The molecular weight excluding hydrogens is 360 g/mol. The van der Waals surface area contributed by atoms with E-state index in [2.05, 4.69) is 15.4 Å². The van der Waals surface area contributed by atoms with Gasteiger partial charge in [0.05, 0.1) is 23.2 Å². The summed E-state index contributed by atoms with van der Waals surface area (Å²) in [6.45, 7) is 3.96. The minimum Gasteiger partial charge on any atom is -0.494 e. The van der Waals surface area contributed by atoms with Crippen molar-refractivity contribution in [1.82, 2.24) is 14.8 Å². The first kappa shape index (κ1) is 17.2. The monoisotopic (exact) mass is 378 g/mol. The zero-order chi connectivity index (χ0) is 19.0. The Labute approximate surface area is 160 Å². The zero-order valence-corrected chi connectivity index (χ0v) is 16.0. The second-order valence-corrected chi connectivity index (χ2v) is 7.20. The van der Waals surface area contributed by atoms with Gasteiger partial charge in [0, 0.05) is 11.3 Å². The Bertz CT molecular complexity index is 1130. The van der Waals surface area contributed by atoms with Crippen LogP contribution in [0, 0.1) is 13.8 Å². The Kier molecular flexibility index (Phi) is 4.37. The van der Waals surface area contributed by atoms with Gasteiger partial charge in [-0.3, -0.25) is 10.1 Å². The molecule has 2 aromatic carbocycles. The fourth-order valence-electron chi connectivity index (χ4n) is 2.96. The number of benzene rings is 2. The van der Waals surface area contributed by atoms with Crippen molar-refractivity contribution in [2.45, 2.75) is 13.8 Å². The Morgan fingerprint density at radius 3 is 2.59 bits per heavy atom. The molecule has 0 radical (unpaired) electrons. The van der Waals surface area contributed by atoms with E-state index < -0.39 is 0 Å². The van der Waals surface area contributed by atoms with Crippen LogP contribution < -0.4 is 10.1 Å². The molecule has 0 saturated carbocycles. The summed E-state index contributed by atoms with van der Waals surface area (Å²) in [6, 6.07) is 15.1. The molecule has 1 N–H and O–H groups in total. The number of nitrogens with one attached hydrogen (secondary N) is 1. The van der Waals surface area contributed by atoms with Gasteiger partial charge >= 0.3 is 0 Å². The lowest BCUT2D eigenvalue weighted by Gasteiger charge is -2.06. The molecule has 2 aromatic heterocycles. The van der Waals surface area contributed by atoms with Crippen LogP contribution in [0.1, 0.15) is 21.7 Å². The second kappa shape index (κ2) is 6.85. The molecule has 0 fully saturated rings. The number of ether oxygens (including phenoxy) is 1. The van der Waals surface area contributed by atoms with Gasteiger partial charge in [-0.1, -0.05) is 17.4 Å². The van der Waals surface area contributed by atoms with Crippen molar-refractivity contribution in [2.75, 3.05) is 12.4 Å². The number of aromatic nitrogens is 3.